The van der Waals surface area contributed by atoms with Crippen LogP contribution >= 0.6 is 0 Å². The van der Waals surface area contributed by atoms with Crippen LogP contribution in [0.4, 0.5) is 4.79 Å². The molecule has 0 radical (unpaired) electrons. The fourth-order valence-electron chi connectivity index (χ4n) is 3.88. The van der Waals surface area contributed by atoms with E-state index in [1.807, 2.05) is 0 Å². The maximum Gasteiger partial charge on any atom is 0.315 e. The number of carbonyl (C=O) groups excluding carboxylic acids is 1. The summed E-state index contributed by atoms with van der Waals surface area (Å²) >= 11 is 0. The first kappa shape index (κ1) is 22.6. The number of methoxy groups -OCH3 is 2. The van der Waals surface area contributed by atoms with E-state index in [0.29, 0.717) is 43.7 Å². The van der Waals surface area contributed by atoms with Crippen molar-refractivity contribution < 1.29 is 27.4 Å². The van der Waals surface area contributed by atoms with Gasteiger partial charge in [-0.15, -0.1) is 0 Å². The molecule has 1 aliphatic heterocycles. The number of hydrogen-bond donors (Lipinski definition) is 3. The molecule has 1 aliphatic carbocycles. The van der Waals surface area contributed by atoms with Crippen LogP contribution in [0.2, 0.25) is 0 Å². The van der Waals surface area contributed by atoms with Gasteiger partial charge in [0.05, 0.1) is 25.2 Å². The highest BCUT2D eigenvalue weighted by molar-refractivity contribution is 7.89. The molecule has 3 rings (SSSR count). The highest BCUT2D eigenvalue weighted by Crippen LogP contribution is 2.30. The molecular weight excluding hydrogens is 410 g/mol. The van der Waals surface area contributed by atoms with E-state index in [-0.39, 0.29) is 29.1 Å². The van der Waals surface area contributed by atoms with Gasteiger partial charge in [0, 0.05) is 31.3 Å². The summed E-state index contributed by atoms with van der Waals surface area (Å²) < 4.78 is 44.1. The highest BCUT2D eigenvalue weighted by atomic mass is 32.2. The molecule has 1 atom stereocenters. The van der Waals surface area contributed by atoms with Crippen LogP contribution in [0.5, 0.6) is 11.5 Å². The molecule has 0 aromatic heterocycles. The van der Waals surface area contributed by atoms with Crippen molar-refractivity contribution in [3.63, 3.8) is 0 Å². The van der Waals surface area contributed by atoms with Crippen molar-refractivity contribution in [1.82, 2.24) is 15.4 Å². The molecule has 10 heteroatoms. The highest BCUT2D eigenvalue weighted by Gasteiger charge is 2.27. The summed E-state index contributed by atoms with van der Waals surface area (Å²) in [6.07, 6.45) is 4.87. The second-order valence-electron chi connectivity index (χ2n) is 7.68. The Hall–Kier alpha value is -2.04. The molecule has 1 saturated heterocycles. The van der Waals surface area contributed by atoms with Crippen molar-refractivity contribution in [3.8, 4) is 11.5 Å². The monoisotopic (exact) mass is 441 g/mol. The predicted octanol–water partition coefficient (Wildman–Crippen LogP) is 1.77. The molecule has 2 fully saturated rings. The largest absolute Gasteiger partial charge is 0.493 e. The maximum absolute atomic E-state index is 12.7. The number of hydrogen-bond acceptors (Lipinski definition) is 6. The second kappa shape index (κ2) is 10.3. The summed E-state index contributed by atoms with van der Waals surface area (Å²) in [5.41, 5.74) is 0. The lowest BCUT2D eigenvalue weighted by Gasteiger charge is -2.29. The van der Waals surface area contributed by atoms with Gasteiger partial charge < -0.3 is 24.8 Å². The Morgan fingerprint density at radius 2 is 1.77 bits per heavy atom. The van der Waals surface area contributed by atoms with E-state index in [1.54, 1.807) is 6.07 Å². The number of ether oxygens (including phenoxy) is 3. The number of sulfonamides is 1. The fourth-order valence-corrected chi connectivity index (χ4v) is 5.20. The van der Waals surface area contributed by atoms with Crippen LogP contribution in [-0.2, 0) is 14.8 Å². The van der Waals surface area contributed by atoms with Crippen LogP contribution in [0.15, 0.2) is 23.1 Å². The van der Waals surface area contributed by atoms with Gasteiger partial charge in [0.25, 0.3) is 0 Å². The van der Waals surface area contributed by atoms with E-state index in [2.05, 4.69) is 15.4 Å². The van der Waals surface area contributed by atoms with Gasteiger partial charge in [-0.05, 0) is 50.7 Å². The lowest BCUT2D eigenvalue weighted by Crippen LogP contribution is -2.47. The zero-order valence-electron chi connectivity index (χ0n) is 17.5. The molecule has 0 spiro atoms. The quantitative estimate of drug-likeness (QED) is 0.566. The smallest absolute Gasteiger partial charge is 0.315 e. The number of benzene rings is 1. The lowest BCUT2D eigenvalue weighted by molar-refractivity contribution is 0.111. The molecule has 2 amide bonds. The first-order valence-corrected chi connectivity index (χ1v) is 11.8. The van der Waals surface area contributed by atoms with Crippen LogP contribution in [0, 0.1) is 0 Å². The summed E-state index contributed by atoms with van der Waals surface area (Å²) in [6.45, 7) is 1.28. The van der Waals surface area contributed by atoms with Gasteiger partial charge in [-0.25, -0.2) is 17.9 Å². The molecule has 1 aromatic carbocycles. The minimum atomic E-state index is -3.68. The van der Waals surface area contributed by atoms with Crippen molar-refractivity contribution in [2.75, 3.05) is 27.4 Å². The molecular formula is C20H31N3O6S. The van der Waals surface area contributed by atoms with Crippen LogP contribution in [0.25, 0.3) is 0 Å². The molecule has 30 heavy (non-hydrogen) atoms. The third kappa shape index (κ3) is 5.99. The normalized spacial score (nSPS) is 24.3. The van der Waals surface area contributed by atoms with Gasteiger partial charge in [-0.3, -0.25) is 0 Å². The lowest BCUT2D eigenvalue weighted by atomic mass is 9.92. The molecule has 168 valence electrons. The van der Waals surface area contributed by atoms with Gasteiger partial charge in [0.2, 0.25) is 10.0 Å². The van der Waals surface area contributed by atoms with Crippen LogP contribution < -0.4 is 24.8 Å². The van der Waals surface area contributed by atoms with Gasteiger partial charge in [0.15, 0.2) is 11.5 Å². The minimum Gasteiger partial charge on any atom is -0.493 e. The van der Waals surface area contributed by atoms with E-state index in [4.69, 9.17) is 14.2 Å². The second-order valence-corrected chi connectivity index (χ2v) is 9.39. The number of rotatable bonds is 8. The number of urea groups is 1. The molecule has 0 bridgehead atoms. The number of nitrogens with one attached hydrogen (secondary N) is 3. The van der Waals surface area contributed by atoms with Gasteiger partial charge in [0.1, 0.15) is 0 Å². The van der Waals surface area contributed by atoms with E-state index < -0.39 is 10.0 Å². The summed E-state index contributed by atoms with van der Waals surface area (Å²) in [5, 5.41) is 5.83. The third-order valence-corrected chi connectivity index (χ3v) is 7.08. The number of amides is 2. The van der Waals surface area contributed by atoms with Crippen molar-refractivity contribution >= 4 is 16.1 Å². The first-order valence-electron chi connectivity index (χ1n) is 10.3. The summed E-state index contributed by atoms with van der Waals surface area (Å²) in [6, 6.07) is 4.19. The van der Waals surface area contributed by atoms with E-state index in [9.17, 15) is 13.2 Å². The van der Waals surface area contributed by atoms with Crippen molar-refractivity contribution in [2.45, 2.75) is 61.6 Å². The Morgan fingerprint density at radius 3 is 2.40 bits per heavy atom. The summed E-state index contributed by atoms with van der Waals surface area (Å²) in [7, 11) is -0.711. The molecule has 3 N–H and O–H groups in total. The Kier molecular flexibility index (Phi) is 7.79. The summed E-state index contributed by atoms with van der Waals surface area (Å²) in [4.78, 5) is 12.2. The Bertz CT molecular complexity index is 818. The Morgan fingerprint density at radius 1 is 1.07 bits per heavy atom. The predicted molar refractivity (Wildman–Crippen MR) is 111 cm³/mol. The number of carbonyl (C=O) groups is 1. The molecule has 9 nitrogen and oxygen atoms in total. The van der Waals surface area contributed by atoms with Crippen LogP contribution in [-0.4, -0.2) is 60.0 Å². The molecule has 1 saturated carbocycles. The standard InChI is InChI=1S/C20H31N3O6S/c1-27-18-10-9-17(12-19(18)28-2)30(25,26)23-15-7-5-14(6-8-15)22-20(24)21-13-16-4-3-11-29-16/h9-10,12,14-16,23H,3-8,11,13H2,1-2H3,(H2,21,22,24). The van der Waals surface area contributed by atoms with E-state index in [1.165, 1.54) is 26.4 Å². The van der Waals surface area contributed by atoms with Crippen LogP contribution in [0.1, 0.15) is 38.5 Å². The van der Waals surface area contributed by atoms with E-state index >= 15 is 0 Å². The van der Waals surface area contributed by atoms with E-state index in [0.717, 1.165) is 19.4 Å². The van der Waals surface area contributed by atoms with Gasteiger partial charge in [-0.1, -0.05) is 0 Å². The average Bonchev–Trinajstić information content (AvgIpc) is 3.26. The molecule has 1 aromatic rings. The van der Waals surface area contributed by atoms with Crippen LogP contribution in [0.3, 0.4) is 0 Å². The SMILES string of the molecule is COc1ccc(S(=O)(=O)NC2CCC(NC(=O)NCC3CCCO3)CC2)cc1OC. The summed E-state index contributed by atoms with van der Waals surface area (Å²) in [5.74, 6) is 0.836. The molecule has 2 aliphatic rings. The zero-order chi connectivity index (χ0) is 21.6. The van der Waals surface area contributed by atoms with Crippen molar-refractivity contribution in [2.24, 2.45) is 0 Å². The maximum atomic E-state index is 12.7. The Balaban J connectivity index is 1.46. The van der Waals surface area contributed by atoms with Crippen molar-refractivity contribution in [1.29, 1.82) is 0 Å². The van der Waals surface area contributed by atoms with Crippen molar-refractivity contribution in [3.05, 3.63) is 18.2 Å². The molecule has 1 heterocycles. The average molecular weight is 442 g/mol. The molecule has 1 unspecified atom stereocenters. The zero-order valence-corrected chi connectivity index (χ0v) is 18.3. The Labute approximate surface area is 177 Å². The fraction of sp³-hybridized carbons (Fsp3) is 0.650. The topological polar surface area (TPSA) is 115 Å². The van der Waals surface area contributed by atoms with Gasteiger partial charge in [-0.2, -0.15) is 0 Å². The minimum absolute atomic E-state index is 0.0383. The van der Waals surface area contributed by atoms with Gasteiger partial charge >= 0.3 is 6.03 Å². The first-order chi connectivity index (χ1) is 14.4. The third-order valence-electron chi connectivity index (χ3n) is 5.56.